The zero-order valence-corrected chi connectivity index (χ0v) is 7.44. The van der Waals surface area contributed by atoms with Gasteiger partial charge in [0.15, 0.2) is 12.6 Å². The maximum Gasteiger partial charge on any atom is 0.181 e. The van der Waals surface area contributed by atoms with E-state index in [1.54, 1.807) is 0 Å². The van der Waals surface area contributed by atoms with Gasteiger partial charge in [-0.1, -0.05) is 0 Å². The SMILES string of the molecule is C(COC1CO1)OCCOC1CO1. The molecule has 0 aromatic rings. The van der Waals surface area contributed by atoms with Crippen LogP contribution in [0.3, 0.4) is 0 Å². The largest absolute Gasteiger partial charge is 0.377 e. The number of hydrogen-bond acceptors (Lipinski definition) is 5. The second-order valence-corrected chi connectivity index (χ2v) is 2.88. The number of ether oxygens (including phenoxy) is 5. The minimum atomic E-state index is 0.0275. The molecule has 5 nitrogen and oxygen atoms in total. The summed E-state index contributed by atoms with van der Waals surface area (Å²) in [5.41, 5.74) is 0. The van der Waals surface area contributed by atoms with Gasteiger partial charge in [0.2, 0.25) is 0 Å². The summed E-state index contributed by atoms with van der Waals surface area (Å²) < 4.78 is 25.3. The standard InChI is InChI=1S/C8H14O5/c1(3-10-7-5-12-7)9-2-4-11-8-6-13-8/h7-8H,1-6H2. The van der Waals surface area contributed by atoms with Crippen molar-refractivity contribution in [2.45, 2.75) is 12.6 Å². The maximum atomic E-state index is 5.23. The Morgan fingerprint density at radius 3 is 1.69 bits per heavy atom. The molecule has 2 aliphatic heterocycles. The Morgan fingerprint density at radius 1 is 0.846 bits per heavy atom. The molecular weight excluding hydrogens is 176 g/mol. The van der Waals surface area contributed by atoms with E-state index in [1.807, 2.05) is 0 Å². The number of hydrogen-bond donors (Lipinski definition) is 0. The molecule has 2 unspecified atom stereocenters. The molecule has 2 rings (SSSR count). The van der Waals surface area contributed by atoms with Crippen molar-refractivity contribution in [1.82, 2.24) is 0 Å². The highest BCUT2D eigenvalue weighted by molar-refractivity contribution is 4.55. The fourth-order valence-electron chi connectivity index (χ4n) is 0.850. The van der Waals surface area contributed by atoms with E-state index in [-0.39, 0.29) is 12.6 Å². The van der Waals surface area contributed by atoms with Crippen LogP contribution in [-0.4, -0.2) is 52.2 Å². The van der Waals surface area contributed by atoms with Gasteiger partial charge in [0.1, 0.15) is 13.2 Å². The van der Waals surface area contributed by atoms with Crippen molar-refractivity contribution < 1.29 is 23.7 Å². The van der Waals surface area contributed by atoms with Crippen LogP contribution in [0.2, 0.25) is 0 Å². The molecule has 2 aliphatic rings. The lowest BCUT2D eigenvalue weighted by atomic mass is 10.7. The molecule has 2 fully saturated rings. The van der Waals surface area contributed by atoms with Gasteiger partial charge in [0, 0.05) is 0 Å². The average molecular weight is 190 g/mol. The molecule has 0 amide bonds. The van der Waals surface area contributed by atoms with Crippen LogP contribution in [0, 0.1) is 0 Å². The van der Waals surface area contributed by atoms with Gasteiger partial charge in [0.25, 0.3) is 0 Å². The molecular formula is C8H14O5. The summed E-state index contributed by atoms with van der Waals surface area (Å²) in [6, 6.07) is 0. The third kappa shape index (κ3) is 4.54. The predicted octanol–water partition coefficient (Wildman–Crippen LogP) is -0.251. The van der Waals surface area contributed by atoms with Gasteiger partial charge in [-0.2, -0.15) is 0 Å². The maximum absolute atomic E-state index is 5.23. The molecule has 0 saturated carbocycles. The molecule has 0 aromatic carbocycles. The summed E-state index contributed by atoms with van der Waals surface area (Å²) >= 11 is 0. The van der Waals surface area contributed by atoms with E-state index in [1.165, 1.54) is 0 Å². The molecule has 2 saturated heterocycles. The van der Waals surface area contributed by atoms with E-state index in [0.29, 0.717) is 26.4 Å². The van der Waals surface area contributed by atoms with E-state index in [4.69, 9.17) is 23.7 Å². The van der Waals surface area contributed by atoms with Crippen LogP contribution in [-0.2, 0) is 23.7 Å². The van der Waals surface area contributed by atoms with Gasteiger partial charge in [-0.05, 0) is 0 Å². The lowest BCUT2D eigenvalue weighted by Gasteiger charge is -2.03. The van der Waals surface area contributed by atoms with Crippen LogP contribution < -0.4 is 0 Å². The molecule has 13 heavy (non-hydrogen) atoms. The highest BCUT2D eigenvalue weighted by atomic mass is 16.8. The van der Waals surface area contributed by atoms with E-state index >= 15 is 0 Å². The highest BCUT2D eigenvalue weighted by Gasteiger charge is 2.23. The molecule has 2 atom stereocenters. The quantitative estimate of drug-likeness (QED) is 0.390. The van der Waals surface area contributed by atoms with Gasteiger partial charge >= 0.3 is 0 Å². The summed E-state index contributed by atoms with van der Waals surface area (Å²) in [5, 5.41) is 0. The summed E-state index contributed by atoms with van der Waals surface area (Å²) in [5.74, 6) is 0. The molecule has 0 spiro atoms. The third-order valence-corrected chi connectivity index (χ3v) is 1.67. The first kappa shape index (κ1) is 9.36. The van der Waals surface area contributed by atoms with E-state index in [2.05, 4.69) is 0 Å². The Balaban J connectivity index is 1.28. The zero-order valence-electron chi connectivity index (χ0n) is 7.44. The molecule has 0 aliphatic carbocycles. The Bertz CT molecular complexity index is 127. The molecule has 2 heterocycles. The summed E-state index contributed by atoms with van der Waals surface area (Å²) in [4.78, 5) is 0. The minimum absolute atomic E-state index is 0.0275. The first-order valence-corrected chi connectivity index (χ1v) is 4.49. The highest BCUT2D eigenvalue weighted by Crippen LogP contribution is 2.10. The fraction of sp³-hybridized carbons (Fsp3) is 1.00. The van der Waals surface area contributed by atoms with Crippen molar-refractivity contribution in [1.29, 1.82) is 0 Å². The number of epoxide rings is 2. The van der Waals surface area contributed by atoms with Gasteiger partial charge in [-0.25, -0.2) is 0 Å². The van der Waals surface area contributed by atoms with Crippen LogP contribution in [0.4, 0.5) is 0 Å². The Labute approximate surface area is 76.8 Å². The fourth-order valence-corrected chi connectivity index (χ4v) is 0.850. The van der Waals surface area contributed by atoms with Crippen molar-refractivity contribution >= 4 is 0 Å². The van der Waals surface area contributed by atoms with Crippen molar-refractivity contribution in [2.75, 3.05) is 39.6 Å². The Morgan fingerprint density at radius 2 is 1.31 bits per heavy atom. The van der Waals surface area contributed by atoms with Crippen LogP contribution in [0.25, 0.3) is 0 Å². The second-order valence-electron chi connectivity index (χ2n) is 2.88. The van der Waals surface area contributed by atoms with E-state index < -0.39 is 0 Å². The van der Waals surface area contributed by atoms with Crippen LogP contribution in [0.5, 0.6) is 0 Å². The predicted molar refractivity (Wildman–Crippen MR) is 42.2 cm³/mol. The van der Waals surface area contributed by atoms with Crippen molar-refractivity contribution in [2.24, 2.45) is 0 Å². The molecule has 0 N–H and O–H groups in total. The summed E-state index contributed by atoms with van der Waals surface area (Å²) in [7, 11) is 0. The second kappa shape index (κ2) is 4.88. The van der Waals surface area contributed by atoms with Crippen molar-refractivity contribution in [3.05, 3.63) is 0 Å². The van der Waals surface area contributed by atoms with Gasteiger partial charge in [-0.3, -0.25) is 0 Å². The zero-order chi connectivity index (χ0) is 8.93. The first-order valence-electron chi connectivity index (χ1n) is 4.49. The molecule has 0 bridgehead atoms. The monoisotopic (exact) mass is 190 g/mol. The third-order valence-electron chi connectivity index (χ3n) is 1.67. The van der Waals surface area contributed by atoms with Crippen molar-refractivity contribution in [3.8, 4) is 0 Å². The van der Waals surface area contributed by atoms with Gasteiger partial charge in [0.05, 0.1) is 26.4 Å². The smallest absolute Gasteiger partial charge is 0.181 e. The molecule has 0 aromatic heterocycles. The average Bonchev–Trinajstić information content (AvgIpc) is 2.99. The minimum Gasteiger partial charge on any atom is -0.377 e. The lowest BCUT2D eigenvalue weighted by Crippen LogP contribution is -2.11. The Kier molecular flexibility index (Phi) is 3.51. The lowest BCUT2D eigenvalue weighted by molar-refractivity contribution is -0.0245. The summed E-state index contributed by atoms with van der Waals surface area (Å²) in [6.45, 7) is 3.81. The Hall–Kier alpha value is -0.200. The van der Waals surface area contributed by atoms with E-state index in [9.17, 15) is 0 Å². The first-order chi connectivity index (χ1) is 6.45. The normalized spacial score (nSPS) is 30.5. The molecule has 76 valence electrons. The van der Waals surface area contributed by atoms with Crippen LogP contribution in [0.15, 0.2) is 0 Å². The van der Waals surface area contributed by atoms with Gasteiger partial charge in [-0.15, -0.1) is 0 Å². The van der Waals surface area contributed by atoms with Crippen LogP contribution in [0.1, 0.15) is 0 Å². The van der Waals surface area contributed by atoms with Gasteiger partial charge < -0.3 is 23.7 Å². The topological polar surface area (TPSA) is 52.8 Å². The summed E-state index contributed by atoms with van der Waals surface area (Å²) in [6.07, 6.45) is 0.0550. The molecule has 0 radical (unpaired) electrons. The van der Waals surface area contributed by atoms with E-state index in [0.717, 1.165) is 13.2 Å². The molecule has 5 heteroatoms. The number of rotatable bonds is 8. The van der Waals surface area contributed by atoms with Crippen LogP contribution >= 0.6 is 0 Å². The van der Waals surface area contributed by atoms with Crippen molar-refractivity contribution in [3.63, 3.8) is 0 Å².